The number of carbonyl (C=O) groups excluding carboxylic acids is 1. The number of amides is 1. The van der Waals surface area contributed by atoms with Crippen LogP contribution in [0.3, 0.4) is 0 Å². The van der Waals surface area contributed by atoms with Crippen LogP contribution in [0.4, 0.5) is 0 Å². The first-order chi connectivity index (χ1) is 8.83. The van der Waals surface area contributed by atoms with Gasteiger partial charge in [-0.3, -0.25) is 4.79 Å². The Hall–Kier alpha value is -1.32. The fraction of sp³-hybridized carbons (Fsp3) is 0.714. The highest BCUT2D eigenvalue weighted by atomic mass is 16.1. The van der Waals surface area contributed by atoms with E-state index in [0.29, 0.717) is 0 Å². The highest BCUT2D eigenvalue weighted by molar-refractivity contribution is 5.79. The molecule has 1 aliphatic heterocycles. The van der Waals surface area contributed by atoms with Crippen molar-refractivity contribution in [3.05, 3.63) is 18.2 Å². The third-order valence-electron chi connectivity index (χ3n) is 4.27. The second-order valence-electron chi connectivity index (χ2n) is 5.57. The molecule has 4 heteroatoms. The van der Waals surface area contributed by atoms with Crippen molar-refractivity contribution in [2.24, 2.45) is 5.92 Å². The summed E-state index contributed by atoms with van der Waals surface area (Å²) in [4.78, 5) is 16.5. The van der Waals surface area contributed by atoms with E-state index in [1.54, 1.807) is 0 Å². The zero-order valence-electron chi connectivity index (χ0n) is 10.8. The van der Waals surface area contributed by atoms with E-state index in [9.17, 15) is 4.79 Å². The molecule has 18 heavy (non-hydrogen) atoms. The maximum Gasteiger partial charge on any atom is 0.223 e. The zero-order valence-corrected chi connectivity index (χ0v) is 10.8. The van der Waals surface area contributed by atoms with Crippen molar-refractivity contribution >= 4 is 5.91 Å². The average Bonchev–Trinajstić information content (AvgIpc) is 2.87. The summed E-state index contributed by atoms with van der Waals surface area (Å²) in [6.45, 7) is 0.977. The van der Waals surface area contributed by atoms with Gasteiger partial charge in [0.2, 0.25) is 5.91 Å². The van der Waals surface area contributed by atoms with Gasteiger partial charge < -0.3 is 9.88 Å². The van der Waals surface area contributed by atoms with Crippen LogP contribution in [0, 0.1) is 5.92 Å². The predicted molar refractivity (Wildman–Crippen MR) is 69.1 cm³/mol. The first-order valence-electron chi connectivity index (χ1n) is 7.13. The molecule has 1 aromatic heterocycles. The highest BCUT2D eigenvalue weighted by Gasteiger charge is 2.25. The number of nitrogens with zero attached hydrogens (tertiary/aromatic N) is 2. The summed E-state index contributed by atoms with van der Waals surface area (Å²) in [5.74, 6) is 1.65. The molecule has 3 rings (SSSR count). The van der Waals surface area contributed by atoms with E-state index in [0.717, 1.165) is 38.1 Å². The van der Waals surface area contributed by atoms with E-state index in [1.807, 2.05) is 12.4 Å². The minimum absolute atomic E-state index is 0.264. The monoisotopic (exact) mass is 247 g/mol. The van der Waals surface area contributed by atoms with Gasteiger partial charge in [0.05, 0.1) is 0 Å². The summed E-state index contributed by atoms with van der Waals surface area (Å²) >= 11 is 0. The van der Waals surface area contributed by atoms with Gasteiger partial charge in [0.15, 0.2) is 0 Å². The summed E-state index contributed by atoms with van der Waals surface area (Å²) in [7, 11) is 0. The molecule has 0 spiro atoms. The van der Waals surface area contributed by atoms with Crippen LogP contribution in [0.15, 0.2) is 12.4 Å². The Labute approximate surface area is 108 Å². The van der Waals surface area contributed by atoms with E-state index in [-0.39, 0.29) is 17.9 Å². The third-order valence-corrected chi connectivity index (χ3v) is 4.27. The first-order valence-corrected chi connectivity index (χ1v) is 7.13. The van der Waals surface area contributed by atoms with Crippen molar-refractivity contribution in [1.82, 2.24) is 14.9 Å². The van der Waals surface area contributed by atoms with Crippen molar-refractivity contribution < 1.29 is 4.79 Å². The van der Waals surface area contributed by atoms with Crippen molar-refractivity contribution in [3.63, 3.8) is 0 Å². The lowest BCUT2D eigenvalue weighted by Gasteiger charge is -2.27. The molecule has 0 bridgehead atoms. The normalized spacial score (nSPS) is 24.6. The van der Waals surface area contributed by atoms with Gasteiger partial charge in [-0.05, 0) is 19.3 Å². The van der Waals surface area contributed by atoms with E-state index < -0.39 is 0 Å². The Balaban J connectivity index is 1.56. The minimum Gasteiger partial charge on any atom is -0.353 e. The molecule has 1 saturated carbocycles. The first kappa shape index (κ1) is 11.8. The van der Waals surface area contributed by atoms with Crippen molar-refractivity contribution in [3.8, 4) is 0 Å². The van der Waals surface area contributed by atoms with Gasteiger partial charge in [0.25, 0.3) is 0 Å². The lowest BCUT2D eigenvalue weighted by atomic mass is 9.88. The van der Waals surface area contributed by atoms with Crippen LogP contribution in [0.2, 0.25) is 0 Å². The molecule has 0 aromatic carbocycles. The summed E-state index contributed by atoms with van der Waals surface area (Å²) in [5, 5.41) is 3.23. The molecule has 98 valence electrons. The van der Waals surface area contributed by atoms with Crippen molar-refractivity contribution in [2.45, 2.75) is 57.5 Å². The van der Waals surface area contributed by atoms with Crippen molar-refractivity contribution in [1.29, 1.82) is 0 Å². The number of hydrogen-bond donors (Lipinski definition) is 1. The second kappa shape index (κ2) is 5.12. The molecule has 1 aliphatic carbocycles. The molecule has 2 heterocycles. The van der Waals surface area contributed by atoms with Gasteiger partial charge in [0, 0.05) is 37.3 Å². The summed E-state index contributed by atoms with van der Waals surface area (Å²) in [5.41, 5.74) is 0. The molecule has 0 radical (unpaired) electrons. The number of aryl methyl sites for hydroxylation is 1. The Bertz CT molecular complexity index is 420. The van der Waals surface area contributed by atoms with Crippen LogP contribution in [0.25, 0.3) is 0 Å². The molecule has 4 nitrogen and oxygen atoms in total. The lowest BCUT2D eigenvalue weighted by Crippen LogP contribution is -2.43. The number of fused-ring (bicyclic) bond motifs is 1. The number of carbonyl (C=O) groups is 1. The van der Waals surface area contributed by atoms with E-state index in [4.69, 9.17) is 0 Å². The summed E-state index contributed by atoms with van der Waals surface area (Å²) in [6.07, 6.45) is 11.7. The van der Waals surface area contributed by atoms with Gasteiger partial charge in [0.1, 0.15) is 5.82 Å². The largest absolute Gasteiger partial charge is 0.353 e. The zero-order chi connectivity index (χ0) is 12.4. The molecular weight excluding hydrogens is 226 g/mol. The molecule has 1 atom stereocenters. The Morgan fingerprint density at radius 2 is 2.11 bits per heavy atom. The Morgan fingerprint density at radius 1 is 1.28 bits per heavy atom. The topological polar surface area (TPSA) is 46.9 Å². The van der Waals surface area contributed by atoms with Gasteiger partial charge in [-0.15, -0.1) is 0 Å². The fourth-order valence-corrected chi connectivity index (χ4v) is 3.16. The van der Waals surface area contributed by atoms with Crippen LogP contribution in [0.1, 0.15) is 44.3 Å². The third kappa shape index (κ3) is 2.42. The Morgan fingerprint density at radius 3 is 2.94 bits per heavy atom. The van der Waals surface area contributed by atoms with Gasteiger partial charge in [-0.1, -0.05) is 19.3 Å². The summed E-state index contributed by atoms with van der Waals surface area (Å²) < 4.78 is 2.18. The predicted octanol–water partition coefficient (Wildman–Crippen LogP) is 1.89. The molecule has 0 saturated heterocycles. The number of rotatable bonds is 2. The molecule has 1 N–H and O–H groups in total. The maximum atomic E-state index is 12.2. The molecule has 1 unspecified atom stereocenters. The quantitative estimate of drug-likeness (QED) is 0.867. The molecular formula is C14H21N3O. The number of imidazole rings is 1. The second-order valence-corrected chi connectivity index (χ2v) is 5.57. The number of nitrogens with one attached hydrogen (secondary N) is 1. The molecule has 1 fully saturated rings. The van der Waals surface area contributed by atoms with Crippen LogP contribution < -0.4 is 5.32 Å². The van der Waals surface area contributed by atoms with Gasteiger partial charge in [-0.2, -0.15) is 0 Å². The highest BCUT2D eigenvalue weighted by Crippen LogP contribution is 2.24. The standard InChI is InChI=1S/C14H21N3O/c18-14(11-4-2-1-3-5-11)16-12-6-8-17-9-7-15-13(17)10-12/h7,9,11-12H,1-6,8,10H2,(H,16,18). The van der Waals surface area contributed by atoms with Crippen LogP contribution in [-0.2, 0) is 17.8 Å². The van der Waals surface area contributed by atoms with E-state index in [1.165, 1.54) is 19.3 Å². The maximum absolute atomic E-state index is 12.2. The van der Waals surface area contributed by atoms with Crippen LogP contribution in [0.5, 0.6) is 0 Å². The average molecular weight is 247 g/mol. The van der Waals surface area contributed by atoms with Crippen molar-refractivity contribution in [2.75, 3.05) is 0 Å². The molecule has 1 aromatic rings. The van der Waals surface area contributed by atoms with Gasteiger partial charge in [-0.25, -0.2) is 4.98 Å². The molecule has 2 aliphatic rings. The Kier molecular flexibility index (Phi) is 3.35. The SMILES string of the molecule is O=C(NC1CCn2ccnc2C1)C1CCCCC1. The fourth-order valence-electron chi connectivity index (χ4n) is 3.16. The number of hydrogen-bond acceptors (Lipinski definition) is 2. The van der Waals surface area contributed by atoms with Gasteiger partial charge >= 0.3 is 0 Å². The lowest BCUT2D eigenvalue weighted by molar-refractivity contribution is -0.126. The van der Waals surface area contributed by atoms with E-state index in [2.05, 4.69) is 14.9 Å². The van der Waals surface area contributed by atoms with E-state index >= 15 is 0 Å². The van der Waals surface area contributed by atoms with Crippen LogP contribution in [-0.4, -0.2) is 21.5 Å². The molecule has 1 amide bonds. The number of aromatic nitrogens is 2. The minimum atomic E-state index is 0.264. The summed E-state index contributed by atoms with van der Waals surface area (Å²) in [6, 6.07) is 0.286. The smallest absolute Gasteiger partial charge is 0.223 e. The van der Waals surface area contributed by atoms with Crippen LogP contribution >= 0.6 is 0 Å².